The fraction of sp³-hybridized carbons (Fsp3) is 0.571. The van der Waals surface area contributed by atoms with Crippen LogP contribution >= 0.6 is 0 Å². The van der Waals surface area contributed by atoms with Crippen molar-refractivity contribution in [3.05, 3.63) is 35.4 Å². The molecule has 1 aromatic carbocycles. The molecule has 3 amide bonds. The Balaban J connectivity index is 2.00. The zero-order valence-electron chi connectivity index (χ0n) is 17.5. The number of nitrogens with one attached hydrogen (secondary N) is 2. The van der Waals surface area contributed by atoms with Crippen LogP contribution in [0.15, 0.2) is 18.2 Å². The van der Waals surface area contributed by atoms with Gasteiger partial charge >= 0.3 is 0 Å². The number of likely N-dealkylation sites (tertiary alicyclic amines) is 1. The molecule has 9 heteroatoms. The predicted molar refractivity (Wildman–Crippen MR) is 106 cm³/mol. The molecule has 7 nitrogen and oxygen atoms in total. The number of carbonyl (C=O) groups is 3. The van der Waals surface area contributed by atoms with E-state index in [2.05, 4.69) is 10.8 Å². The van der Waals surface area contributed by atoms with Gasteiger partial charge in [-0.15, -0.1) is 0 Å². The number of amides is 3. The summed E-state index contributed by atoms with van der Waals surface area (Å²) in [6.07, 6.45) is 1.36. The first kappa shape index (κ1) is 23.7. The molecule has 2 rings (SSSR count). The number of halogens is 2. The topological polar surface area (TPSA) is 87.7 Å². The highest BCUT2D eigenvalue weighted by atomic mass is 19.2. The fourth-order valence-electron chi connectivity index (χ4n) is 3.35. The van der Waals surface area contributed by atoms with Gasteiger partial charge < -0.3 is 10.2 Å². The third kappa shape index (κ3) is 6.22. The maximum atomic E-state index is 14.0. The van der Waals surface area contributed by atoms with Crippen molar-refractivity contribution in [2.45, 2.75) is 65.1 Å². The van der Waals surface area contributed by atoms with Crippen LogP contribution in [0.3, 0.4) is 0 Å². The normalized spacial score (nSPS) is 17.3. The first-order valence-electron chi connectivity index (χ1n) is 10.2. The van der Waals surface area contributed by atoms with Gasteiger partial charge in [0, 0.05) is 31.0 Å². The second-order valence-electron chi connectivity index (χ2n) is 7.74. The summed E-state index contributed by atoms with van der Waals surface area (Å²) in [6, 6.07) is 2.56. The van der Waals surface area contributed by atoms with Gasteiger partial charge in [0.05, 0.1) is 6.61 Å². The monoisotopic (exact) mass is 425 g/mol. The number of hydroxylamine groups is 1. The Bertz CT molecular complexity index is 773. The summed E-state index contributed by atoms with van der Waals surface area (Å²) in [5.74, 6) is -3.23. The molecule has 1 fully saturated rings. The van der Waals surface area contributed by atoms with Crippen LogP contribution in [0.25, 0.3) is 0 Å². The number of hydrogen-bond acceptors (Lipinski definition) is 4. The number of hydrogen-bond donors (Lipinski definition) is 2. The number of rotatable bonds is 10. The van der Waals surface area contributed by atoms with Crippen LogP contribution in [0.4, 0.5) is 8.78 Å². The molecule has 0 saturated carbocycles. The van der Waals surface area contributed by atoms with Crippen molar-refractivity contribution in [3.8, 4) is 0 Å². The number of carbonyl (C=O) groups excluding carboxylic acids is 3. The largest absolute Gasteiger partial charge is 0.344 e. The molecule has 0 unspecified atom stereocenters. The van der Waals surface area contributed by atoms with Crippen LogP contribution in [-0.4, -0.2) is 41.3 Å². The number of benzene rings is 1. The van der Waals surface area contributed by atoms with Crippen LogP contribution < -0.4 is 10.8 Å². The molecule has 166 valence electrons. The van der Waals surface area contributed by atoms with Gasteiger partial charge in [0.25, 0.3) is 5.91 Å². The van der Waals surface area contributed by atoms with Gasteiger partial charge in [0.15, 0.2) is 11.6 Å². The lowest BCUT2D eigenvalue weighted by Crippen LogP contribution is -2.50. The van der Waals surface area contributed by atoms with Crippen LogP contribution in [0.1, 0.15) is 52.0 Å². The summed E-state index contributed by atoms with van der Waals surface area (Å²) in [7, 11) is 0. The first-order valence-corrected chi connectivity index (χ1v) is 10.2. The average Bonchev–Trinajstić information content (AvgIpc) is 3.02. The van der Waals surface area contributed by atoms with Gasteiger partial charge in [0.1, 0.15) is 6.04 Å². The van der Waals surface area contributed by atoms with Gasteiger partial charge in [-0.25, -0.2) is 14.3 Å². The molecule has 0 aromatic heterocycles. The minimum absolute atomic E-state index is 0.0327. The zero-order valence-corrected chi connectivity index (χ0v) is 17.5. The van der Waals surface area contributed by atoms with E-state index >= 15 is 0 Å². The lowest BCUT2D eigenvalue weighted by molar-refractivity contribution is -0.140. The summed E-state index contributed by atoms with van der Waals surface area (Å²) in [6.45, 7) is 5.74. The third-order valence-electron chi connectivity index (χ3n) is 4.99. The fourth-order valence-corrected chi connectivity index (χ4v) is 3.35. The third-order valence-corrected chi connectivity index (χ3v) is 4.99. The van der Waals surface area contributed by atoms with E-state index in [4.69, 9.17) is 4.84 Å². The van der Waals surface area contributed by atoms with E-state index in [1.54, 1.807) is 13.8 Å². The molecule has 2 N–H and O–H groups in total. The van der Waals surface area contributed by atoms with Crippen LogP contribution in [-0.2, 0) is 25.8 Å². The van der Waals surface area contributed by atoms with E-state index in [1.165, 1.54) is 17.0 Å². The summed E-state index contributed by atoms with van der Waals surface area (Å²) >= 11 is 0. The molecule has 1 aliphatic heterocycles. The predicted octanol–water partition coefficient (Wildman–Crippen LogP) is 2.44. The highest BCUT2D eigenvalue weighted by Crippen LogP contribution is 2.25. The lowest BCUT2D eigenvalue weighted by atomic mass is 10.0. The first-order chi connectivity index (χ1) is 14.2. The lowest BCUT2D eigenvalue weighted by Gasteiger charge is -2.26. The molecular weight excluding hydrogens is 396 g/mol. The molecule has 1 saturated heterocycles. The van der Waals surface area contributed by atoms with Crippen LogP contribution in [0.2, 0.25) is 0 Å². The van der Waals surface area contributed by atoms with Crippen molar-refractivity contribution in [1.29, 1.82) is 0 Å². The highest BCUT2D eigenvalue weighted by Gasteiger charge is 2.34. The minimum atomic E-state index is -0.996. The van der Waals surface area contributed by atoms with Crippen molar-refractivity contribution in [3.63, 3.8) is 0 Å². The molecule has 30 heavy (non-hydrogen) atoms. The Hall–Kier alpha value is -2.55. The van der Waals surface area contributed by atoms with Crippen molar-refractivity contribution in [2.24, 2.45) is 5.92 Å². The molecule has 1 aliphatic rings. The Kier molecular flexibility index (Phi) is 8.71. The Labute approximate surface area is 175 Å². The van der Waals surface area contributed by atoms with Gasteiger partial charge in [-0.1, -0.05) is 32.9 Å². The molecule has 0 radical (unpaired) electrons. The standard InChI is InChI=1S/C21H29F2N3O4/c1-4-10-30-25-21(29)20(13(2)3)24-17(27)11-15-8-9-18(28)26(15)12-14-6-5-7-16(22)19(14)23/h5-7,13,15,20H,4,8-12H2,1-3H3,(H,24,27)(H,25,29)/t15-,20-/m0/s1. The van der Waals surface area contributed by atoms with Crippen molar-refractivity contribution >= 4 is 17.7 Å². The smallest absolute Gasteiger partial charge is 0.266 e. The van der Waals surface area contributed by atoms with E-state index in [0.29, 0.717) is 13.0 Å². The molecule has 0 aliphatic carbocycles. The summed E-state index contributed by atoms with van der Waals surface area (Å²) in [5, 5.41) is 2.69. The highest BCUT2D eigenvalue weighted by molar-refractivity contribution is 5.88. The molecule has 0 bridgehead atoms. The Morgan fingerprint density at radius 3 is 2.70 bits per heavy atom. The molecule has 1 heterocycles. The van der Waals surface area contributed by atoms with Crippen molar-refractivity contribution in [1.82, 2.24) is 15.7 Å². The number of nitrogens with zero attached hydrogens (tertiary/aromatic N) is 1. The summed E-state index contributed by atoms with van der Waals surface area (Å²) in [5.41, 5.74) is 2.39. The van der Waals surface area contributed by atoms with E-state index in [1.807, 2.05) is 6.92 Å². The summed E-state index contributed by atoms with van der Waals surface area (Å²) < 4.78 is 27.5. The maximum absolute atomic E-state index is 14.0. The van der Waals surface area contributed by atoms with E-state index < -0.39 is 35.5 Å². The second kappa shape index (κ2) is 11.0. The molecule has 0 spiro atoms. The maximum Gasteiger partial charge on any atom is 0.266 e. The zero-order chi connectivity index (χ0) is 22.3. The average molecular weight is 425 g/mol. The van der Waals surface area contributed by atoms with Crippen LogP contribution in [0.5, 0.6) is 0 Å². The van der Waals surface area contributed by atoms with Gasteiger partial charge in [-0.05, 0) is 24.8 Å². The Morgan fingerprint density at radius 2 is 2.03 bits per heavy atom. The molecule has 2 atom stereocenters. The van der Waals surface area contributed by atoms with Crippen molar-refractivity contribution < 1.29 is 28.0 Å². The SMILES string of the molecule is CCCONC(=O)[C@@H](NC(=O)C[C@@H]1CCC(=O)N1Cc1cccc(F)c1F)C(C)C. The van der Waals surface area contributed by atoms with Crippen molar-refractivity contribution in [2.75, 3.05) is 6.61 Å². The van der Waals surface area contributed by atoms with Gasteiger partial charge in [-0.2, -0.15) is 0 Å². The quantitative estimate of drug-likeness (QED) is 0.445. The van der Waals surface area contributed by atoms with E-state index in [9.17, 15) is 23.2 Å². The second-order valence-corrected chi connectivity index (χ2v) is 7.74. The molecule has 1 aromatic rings. The Morgan fingerprint density at radius 1 is 1.30 bits per heavy atom. The van der Waals surface area contributed by atoms with E-state index in [-0.39, 0.29) is 36.8 Å². The molecular formula is C21H29F2N3O4. The summed E-state index contributed by atoms with van der Waals surface area (Å²) in [4.78, 5) is 43.5. The minimum Gasteiger partial charge on any atom is -0.344 e. The van der Waals surface area contributed by atoms with E-state index in [0.717, 1.165) is 12.5 Å². The van der Waals surface area contributed by atoms with Crippen LogP contribution in [0, 0.1) is 17.6 Å². The van der Waals surface area contributed by atoms with Gasteiger partial charge in [-0.3, -0.25) is 19.2 Å². The van der Waals surface area contributed by atoms with Gasteiger partial charge in [0.2, 0.25) is 11.8 Å².